The van der Waals surface area contributed by atoms with Crippen molar-refractivity contribution in [2.75, 3.05) is 13.6 Å². The van der Waals surface area contributed by atoms with Crippen molar-refractivity contribution in [3.63, 3.8) is 0 Å². The summed E-state index contributed by atoms with van der Waals surface area (Å²) >= 11 is 6.02. The fourth-order valence-electron chi connectivity index (χ4n) is 2.61. The van der Waals surface area contributed by atoms with Crippen molar-refractivity contribution in [3.05, 3.63) is 70.7 Å². The molecule has 0 aliphatic heterocycles. The van der Waals surface area contributed by atoms with E-state index in [-0.39, 0.29) is 5.54 Å². The van der Waals surface area contributed by atoms with E-state index in [1.54, 1.807) is 0 Å². The second-order valence-electron chi connectivity index (χ2n) is 5.46. The summed E-state index contributed by atoms with van der Waals surface area (Å²) in [5.41, 5.74) is 2.63. The number of halogens is 1. The molecule has 0 aliphatic carbocycles. The smallest absolute Gasteiger partial charge is 0.0469 e. The molecule has 20 heavy (non-hydrogen) atoms. The normalized spacial score (nSPS) is 14.2. The second-order valence-corrected chi connectivity index (χ2v) is 5.89. The highest BCUT2D eigenvalue weighted by atomic mass is 35.5. The van der Waals surface area contributed by atoms with Crippen molar-refractivity contribution in [2.45, 2.75) is 25.8 Å². The molecule has 0 aliphatic rings. The zero-order valence-corrected chi connectivity index (χ0v) is 13.2. The van der Waals surface area contributed by atoms with E-state index in [2.05, 4.69) is 68.3 Å². The van der Waals surface area contributed by atoms with E-state index in [1.165, 1.54) is 11.1 Å². The monoisotopic (exact) mass is 287 g/mol. The third kappa shape index (κ3) is 3.23. The highest BCUT2D eigenvalue weighted by molar-refractivity contribution is 6.30. The maximum Gasteiger partial charge on any atom is 0.0469 e. The van der Waals surface area contributed by atoms with Crippen LogP contribution in [-0.4, -0.2) is 18.5 Å². The summed E-state index contributed by atoms with van der Waals surface area (Å²) in [5.74, 6) is 0. The third-order valence-corrected chi connectivity index (χ3v) is 4.43. The Labute approximate surface area is 127 Å². The summed E-state index contributed by atoms with van der Waals surface area (Å²) in [5, 5.41) is 0.787. The molecule has 0 aromatic heterocycles. The maximum absolute atomic E-state index is 6.02. The largest absolute Gasteiger partial charge is 0.297 e. The molecule has 0 saturated carbocycles. The van der Waals surface area contributed by atoms with Crippen LogP contribution in [0.5, 0.6) is 0 Å². The van der Waals surface area contributed by atoms with E-state index in [1.807, 2.05) is 12.1 Å². The summed E-state index contributed by atoms with van der Waals surface area (Å²) in [6.45, 7) is 5.50. The van der Waals surface area contributed by atoms with Gasteiger partial charge in [0.05, 0.1) is 0 Å². The Morgan fingerprint density at radius 2 is 1.60 bits per heavy atom. The third-order valence-electron chi connectivity index (χ3n) is 4.17. The summed E-state index contributed by atoms with van der Waals surface area (Å²) in [4.78, 5) is 2.39. The quantitative estimate of drug-likeness (QED) is 0.767. The van der Waals surface area contributed by atoms with Crippen LogP contribution in [-0.2, 0) is 12.0 Å². The van der Waals surface area contributed by atoms with E-state index < -0.39 is 0 Å². The van der Waals surface area contributed by atoms with Crippen molar-refractivity contribution >= 4 is 11.6 Å². The van der Waals surface area contributed by atoms with Gasteiger partial charge in [-0.15, -0.1) is 0 Å². The van der Waals surface area contributed by atoms with Gasteiger partial charge in [-0.3, -0.25) is 4.90 Å². The van der Waals surface area contributed by atoms with Crippen molar-refractivity contribution in [1.29, 1.82) is 0 Å². The number of hydrogen-bond acceptors (Lipinski definition) is 1. The lowest BCUT2D eigenvalue weighted by molar-refractivity contribution is 0.144. The Morgan fingerprint density at radius 3 is 2.15 bits per heavy atom. The Bertz CT molecular complexity index is 535. The summed E-state index contributed by atoms with van der Waals surface area (Å²) < 4.78 is 0. The fraction of sp³-hybridized carbons (Fsp3) is 0.333. The van der Waals surface area contributed by atoms with Crippen LogP contribution in [0.4, 0.5) is 0 Å². The minimum Gasteiger partial charge on any atom is -0.297 e. The molecular formula is C18H22ClN. The molecule has 0 fully saturated rings. The number of hydrogen-bond donors (Lipinski definition) is 0. The molecule has 0 bridgehead atoms. The molecular weight excluding hydrogens is 266 g/mol. The van der Waals surface area contributed by atoms with Gasteiger partial charge in [0.15, 0.2) is 0 Å². The van der Waals surface area contributed by atoms with Crippen molar-refractivity contribution in [3.8, 4) is 0 Å². The molecule has 1 atom stereocenters. The van der Waals surface area contributed by atoms with Crippen LogP contribution in [0.2, 0.25) is 5.02 Å². The molecule has 0 unspecified atom stereocenters. The van der Waals surface area contributed by atoms with Gasteiger partial charge in [0.25, 0.3) is 0 Å². The Balaban J connectivity index is 2.37. The minimum atomic E-state index is -0.0271. The molecule has 0 radical (unpaired) electrons. The molecule has 2 rings (SSSR count). The topological polar surface area (TPSA) is 3.24 Å². The maximum atomic E-state index is 6.02. The van der Waals surface area contributed by atoms with Crippen LogP contribution in [0.1, 0.15) is 25.0 Å². The first-order valence-corrected chi connectivity index (χ1v) is 7.45. The van der Waals surface area contributed by atoms with Gasteiger partial charge < -0.3 is 0 Å². The van der Waals surface area contributed by atoms with E-state index in [0.717, 1.165) is 18.0 Å². The lowest BCUT2D eigenvalue weighted by atomic mass is 9.84. The Morgan fingerprint density at radius 1 is 1.00 bits per heavy atom. The lowest BCUT2D eigenvalue weighted by Gasteiger charge is -2.39. The van der Waals surface area contributed by atoms with Gasteiger partial charge in [0.2, 0.25) is 0 Å². The summed E-state index contributed by atoms with van der Waals surface area (Å²) in [6.07, 6.45) is 0.986. The zero-order valence-electron chi connectivity index (χ0n) is 12.4. The van der Waals surface area contributed by atoms with E-state index >= 15 is 0 Å². The molecule has 0 N–H and O–H groups in total. The number of rotatable bonds is 5. The van der Waals surface area contributed by atoms with Gasteiger partial charge in [-0.1, -0.05) is 61.0 Å². The lowest BCUT2D eigenvalue weighted by Crippen LogP contribution is -2.43. The van der Waals surface area contributed by atoms with Crippen LogP contribution in [0.25, 0.3) is 0 Å². The van der Waals surface area contributed by atoms with Gasteiger partial charge in [0, 0.05) is 10.6 Å². The molecule has 106 valence electrons. The fourth-order valence-corrected chi connectivity index (χ4v) is 2.73. The van der Waals surface area contributed by atoms with Gasteiger partial charge in [-0.25, -0.2) is 0 Å². The standard InChI is InChI=1S/C18H22ClN/c1-4-20(3)18(2,14-15-8-6-5-7-9-15)16-10-12-17(19)13-11-16/h5-13H,4,14H2,1-3H3/t18-/m1/s1. The van der Waals surface area contributed by atoms with Crippen molar-refractivity contribution < 1.29 is 0 Å². The Kier molecular flexibility index (Phi) is 4.85. The minimum absolute atomic E-state index is 0.0271. The Hall–Kier alpha value is -1.31. The van der Waals surface area contributed by atoms with Crippen LogP contribution in [0.15, 0.2) is 54.6 Å². The SMILES string of the molecule is CCN(C)[C@](C)(Cc1ccccc1)c1ccc(Cl)cc1. The van der Waals surface area contributed by atoms with Gasteiger partial charge in [-0.2, -0.15) is 0 Å². The van der Waals surface area contributed by atoms with Crippen molar-refractivity contribution in [2.24, 2.45) is 0 Å². The first-order valence-electron chi connectivity index (χ1n) is 7.07. The highest BCUT2D eigenvalue weighted by Crippen LogP contribution is 2.31. The highest BCUT2D eigenvalue weighted by Gasteiger charge is 2.30. The molecule has 2 aromatic rings. The summed E-state index contributed by atoms with van der Waals surface area (Å²) in [6, 6.07) is 18.9. The van der Waals surface area contributed by atoms with Gasteiger partial charge in [-0.05, 0) is 50.2 Å². The predicted octanol–water partition coefficient (Wildman–Crippen LogP) is 4.75. The number of nitrogens with zero attached hydrogens (tertiary/aromatic N) is 1. The molecule has 2 heteroatoms. The van der Waals surface area contributed by atoms with E-state index in [0.29, 0.717) is 0 Å². The molecule has 0 heterocycles. The zero-order chi connectivity index (χ0) is 14.6. The van der Waals surface area contributed by atoms with Crippen LogP contribution >= 0.6 is 11.6 Å². The average Bonchev–Trinajstić information content (AvgIpc) is 2.48. The molecule has 0 spiro atoms. The average molecular weight is 288 g/mol. The predicted molar refractivity (Wildman–Crippen MR) is 87.3 cm³/mol. The van der Waals surface area contributed by atoms with E-state index in [9.17, 15) is 0 Å². The molecule has 0 saturated heterocycles. The number of benzene rings is 2. The van der Waals surface area contributed by atoms with Crippen LogP contribution in [0, 0.1) is 0 Å². The van der Waals surface area contributed by atoms with Gasteiger partial charge in [0.1, 0.15) is 0 Å². The second kappa shape index (κ2) is 6.43. The van der Waals surface area contributed by atoms with Crippen LogP contribution in [0.3, 0.4) is 0 Å². The van der Waals surface area contributed by atoms with Crippen molar-refractivity contribution in [1.82, 2.24) is 4.90 Å². The molecule has 2 aromatic carbocycles. The van der Waals surface area contributed by atoms with E-state index in [4.69, 9.17) is 11.6 Å². The molecule has 0 amide bonds. The number of likely N-dealkylation sites (N-methyl/N-ethyl adjacent to an activating group) is 1. The van der Waals surface area contributed by atoms with Crippen LogP contribution < -0.4 is 0 Å². The van der Waals surface area contributed by atoms with Gasteiger partial charge >= 0.3 is 0 Å². The first-order chi connectivity index (χ1) is 9.56. The molecule has 1 nitrogen and oxygen atoms in total. The summed E-state index contributed by atoms with van der Waals surface area (Å²) in [7, 11) is 2.18. The first kappa shape index (κ1) is 15.1.